The Bertz CT molecular complexity index is 788. The maximum Gasteiger partial charge on any atom is 0.260 e. The van der Waals surface area contributed by atoms with E-state index < -0.39 is 5.91 Å². The summed E-state index contributed by atoms with van der Waals surface area (Å²) >= 11 is 0. The number of nitrogens with zero attached hydrogens (tertiary/aromatic N) is 2. The molecule has 0 bridgehead atoms. The summed E-state index contributed by atoms with van der Waals surface area (Å²) in [7, 11) is 2.82. The highest BCUT2D eigenvalue weighted by Gasteiger charge is 2.10. The van der Waals surface area contributed by atoms with Crippen molar-refractivity contribution in [2.75, 3.05) is 14.2 Å². The zero-order valence-electron chi connectivity index (χ0n) is 13.2. The van der Waals surface area contributed by atoms with Crippen LogP contribution in [0, 0.1) is 0 Å². The second-order valence-corrected chi connectivity index (χ2v) is 4.73. The standard InChI is InChI=1S/C16H17N3O5/c1-23-12-7-11(8-13(24-2)16(12)22)9-17-18-14(20)10-19-6-4-3-5-15(19)21/h3-9,22H,10H2,1-2H3,(H,18,20)/b17-9+. The molecule has 0 fully saturated rings. The molecule has 1 heterocycles. The maximum absolute atomic E-state index is 11.8. The number of benzene rings is 1. The van der Waals surface area contributed by atoms with E-state index in [2.05, 4.69) is 10.5 Å². The first-order chi connectivity index (χ1) is 11.5. The number of pyridine rings is 1. The molecule has 2 N–H and O–H groups in total. The Kier molecular flexibility index (Phi) is 5.56. The summed E-state index contributed by atoms with van der Waals surface area (Å²) in [5, 5.41) is 13.6. The van der Waals surface area contributed by atoms with Crippen LogP contribution in [0.2, 0.25) is 0 Å². The average molecular weight is 331 g/mol. The summed E-state index contributed by atoms with van der Waals surface area (Å²) in [5.74, 6) is -0.127. The molecule has 0 atom stereocenters. The van der Waals surface area contributed by atoms with Gasteiger partial charge in [-0.05, 0) is 18.2 Å². The molecule has 0 spiro atoms. The van der Waals surface area contributed by atoms with Crippen molar-refractivity contribution in [3.8, 4) is 17.2 Å². The van der Waals surface area contributed by atoms with Crippen molar-refractivity contribution in [3.63, 3.8) is 0 Å². The van der Waals surface area contributed by atoms with Crippen molar-refractivity contribution in [3.05, 3.63) is 52.4 Å². The van der Waals surface area contributed by atoms with Gasteiger partial charge in [0.05, 0.1) is 20.4 Å². The molecule has 1 aromatic heterocycles. The van der Waals surface area contributed by atoms with Crippen LogP contribution in [0.25, 0.3) is 0 Å². The molecule has 0 unspecified atom stereocenters. The fourth-order valence-corrected chi connectivity index (χ4v) is 1.95. The molecule has 0 saturated carbocycles. The molecule has 1 amide bonds. The summed E-state index contributed by atoms with van der Waals surface area (Å²) in [5.41, 5.74) is 2.60. The highest BCUT2D eigenvalue weighted by atomic mass is 16.5. The minimum atomic E-state index is -0.447. The van der Waals surface area contributed by atoms with E-state index in [0.29, 0.717) is 5.56 Å². The minimum absolute atomic E-state index is 0.121. The van der Waals surface area contributed by atoms with Crippen LogP contribution in [0.1, 0.15) is 5.56 Å². The molecule has 8 heteroatoms. The third-order valence-corrected chi connectivity index (χ3v) is 3.12. The maximum atomic E-state index is 11.8. The van der Waals surface area contributed by atoms with Crippen LogP contribution < -0.4 is 20.5 Å². The summed E-state index contributed by atoms with van der Waals surface area (Å²) in [6.45, 7) is -0.140. The number of carbonyl (C=O) groups is 1. The van der Waals surface area contributed by atoms with Crippen molar-refractivity contribution in [1.82, 2.24) is 9.99 Å². The van der Waals surface area contributed by atoms with Gasteiger partial charge in [0.15, 0.2) is 11.5 Å². The molecule has 0 aliphatic heterocycles. The van der Waals surface area contributed by atoms with Crippen molar-refractivity contribution >= 4 is 12.1 Å². The predicted molar refractivity (Wildman–Crippen MR) is 87.6 cm³/mol. The molecule has 2 rings (SSSR count). The van der Waals surface area contributed by atoms with Crippen LogP contribution in [-0.2, 0) is 11.3 Å². The lowest BCUT2D eigenvalue weighted by Gasteiger charge is -2.09. The summed E-state index contributed by atoms with van der Waals surface area (Å²) < 4.78 is 11.3. The van der Waals surface area contributed by atoms with Crippen LogP contribution in [0.5, 0.6) is 17.2 Å². The van der Waals surface area contributed by atoms with Gasteiger partial charge in [0, 0.05) is 17.8 Å². The van der Waals surface area contributed by atoms with Gasteiger partial charge in [-0.2, -0.15) is 5.10 Å². The van der Waals surface area contributed by atoms with E-state index in [0.717, 1.165) is 0 Å². The summed E-state index contributed by atoms with van der Waals surface area (Å²) in [6.07, 6.45) is 2.89. The van der Waals surface area contributed by atoms with E-state index in [4.69, 9.17) is 9.47 Å². The topological polar surface area (TPSA) is 102 Å². The third-order valence-electron chi connectivity index (χ3n) is 3.12. The van der Waals surface area contributed by atoms with Crippen LogP contribution in [-0.4, -0.2) is 36.0 Å². The number of hydrogen-bond acceptors (Lipinski definition) is 6. The Morgan fingerprint density at radius 2 is 1.96 bits per heavy atom. The molecular weight excluding hydrogens is 314 g/mol. The van der Waals surface area contributed by atoms with E-state index in [-0.39, 0.29) is 29.4 Å². The number of amides is 1. The van der Waals surface area contributed by atoms with Gasteiger partial charge >= 0.3 is 0 Å². The number of methoxy groups -OCH3 is 2. The molecule has 24 heavy (non-hydrogen) atoms. The van der Waals surface area contributed by atoms with Crippen molar-refractivity contribution in [2.45, 2.75) is 6.54 Å². The SMILES string of the molecule is COc1cc(/C=N/NC(=O)Cn2ccccc2=O)cc(OC)c1O. The van der Waals surface area contributed by atoms with Crippen LogP contribution in [0.4, 0.5) is 0 Å². The predicted octanol–water partition coefficient (Wildman–Crippen LogP) is 0.721. The second-order valence-electron chi connectivity index (χ2n) is 4.73. The Morgan fingerprint density at radius 1 is 1.29 bits per heavy atom. The lowest BCUT2D eigenvalue weighted by Crippen LogP contribution is -2.28. The number of phenolic OH excluding ortho intramolecular Hbond substituents is 1. The van der Waals surface area contributed by atoms with Gasteiger partial charge in [0.25, 0.3) is 11.5 Å². The first-order valence-corrected chi connectivity index (χ1v) is 6.97. The molecule has 1 aromatic carbocycles. The van der Waals surface area contributed by atoms with Gasteiger partial charge in [-0.3, -0.25) is 9.59 Å². The Hall–Kier alpha value is -3.29. The fourth-order valence-electron chi connectivity index (χ4n) is 1.95. The number of hydrogen-bond donors (Lipinski definition) is 2. The largest absolute Gasteiger partial charge is 0.502 e. The normalized spacial score (nSPS) is 10.6. The first-order valence-electron chi connectivity index (χ1n) is 6.97. The van der Waals surface area contributed by atoms with Gasteiger partial charge in [0.2, 0.25) is 5.75 Å². The summed E-state index contributed by atoms with van der Waals surface area (Å²) in [6, 6.07) is 7.70. The number of aromatic hydroxyl groups is 1. The molecule has 8 nitrogen and oxygen atoms in total. The van der Waals surface area contributed by atoms with E-state index in [1.54, 1.807) is 12.1 Å². The van der Waals surface area contributed by atoms with E-state index in [1.165, 1.54) is 49.4 Å². The lowest BCUT2D eigenvalue weighted by atomic mass is 10.2. The van der Waals surface area contributed by atoms with Crippen LogP contribution >= 0.6 is 0 Å². The smallest absolute Gasteiger partial charge is 0.260 e. The molecule has 2 aromatic rings. The van der Waals surface area contributed by atoms with Crippen molar-refractivity contribution in [2.24, 2.45) is 5.10 Å². The first kappa shape index (κ1) is 17.1. The van der Waals surface area contributed by atoms with Gasteiger partial charge in [-0.15, -0.1) is 0 Å². The number of rotatable bonds is 6. The number of phenols is 1. The Morgan fingerprint density at radius 3 is 2.54 bits per heavy atom. The van der Waals surface area contributed by atoms with E-state index in [1.807, 2.05) is 0 Å². The zero-order chi connectivity index (χ0) is 17.5. The van der Waals surface area contributed by atoms with E-state index in [9.17, 15) is 14.7 Å². The zero-order valence-corrected chi connectivity index (χ0v) is 13.2. The average Bonchev–Trinajstić information content (AvgIpc) is 2.58. The Labute approximate surface area is 138 Å². The van der Waals surface area contributed by atoms with Gasteiger partial charge in [0.1, 0.15) is 6.54 Å². The van der Waals surface area contributed by atoms with Crippen molar-refractivity contribution < 1.29 is 19.4 Å². The van der Waals surface area contributed by atoms with Gasteiger partial charge < -0.3 is 19.1 Å². The van der Waals surface area contributed by atoms with Gasteiger partial charge in [-0.1, -0.05) is 6.07 Å². The number of hydrazone groups is 1. The number of nitrogens with one attached hydrogen (secondary N) is 1. The molecule has 0 radical (unpaired) electrons. The minimum Gasteiger partial charge on any atom is -0.502 e. The highest BCUT2D eigenvalue weighted by molar-refractivity contribution is 5.84. The molecule has 0 saturated heterocycles. The van der Waals surface area contributed by atoms with Crippen LogP contribution in [0.15, 0.2) is 46.4 Å². The third kappa shape index (κ3) is 4.13. The molecule has 0 aliphatic carbocycles. The van der Waals surface area contributed by atoms with Crippen molar-refractivity contribution in [1.29, 1.82) is 0 Å². The highest BCUT2D eigenvalue weighted by Crippen LogP contribution is 2.36. The molecule has 126 valence electrons. The van der Waals surface area contributed by atoms with Gasteiger partial charge in [-0.25, -0.2) is 5.43 Å². The second kappa shape index (κ2) is 7.82. The molecular formula is C16H17N3O5. The van der Waals surface area contributed by atoms with Crippen LogP contribution in [0.3, 0.4) is 0 Å². The monoisotopic (exact) mass is 331 g/mol. The lowest BCUT2D eigenvalue weighted by molar-refractivity contribution is -0.121. The van der Waals surface area contributed by atoms with E-state index >= 15 is 0 Å². The number of ether oxygens (including phenoxy) is 2. The number of carbonyl (C=O) groups excluding carboxylic acids is 1. The summed E-state index contributed by atoms with van der Waals surface area (Å²) in [4.78, 5) is 23.3. The number of aromatic nitrogens is 1. The fraction of sp³-hybridized carbons (Fsp3) is 0.188. The Balaban J connectivity index is 2.05. The molecule has 0 aliphatic rings. The quantitative estimate of drug-likeness (QED) is 0.600.